The van der Waals surface area contributed by atoms with Crippen LogP contribution >= 0.6 is 0 Å². The number of hydrogen-bond donors (Lipinski definition) is 1. The lowest BCUT2D eigenvalue weighted by Gasteiger charge is -1.98. The molecular weight excluding hydrogens is 166 g/mol. The van der Waals surface area contributed by atoms with E-state index in [0.717, 1.165) is 5.70 Å². The summed E-state index contributed by atoms with van der Waals surface area (Å²) >= 11 is 0. The first-order chi connectivity index (χ1) is 6.38. The first-order valence-electron chi connectivity index (χ1n) is 3.83. The molecule has 0 saturated heterocycles. The number of aliphatic hydroxyl groups is 1. The van der Waals surface area contributed by atoms with Crippen LogP contribution in [0.1, 0.15) is 0 Å². The van der Waals surface area contributed by atoms with Gasteiger partial charge in [0.15, 0.2) is 0 Å². The normalized spacial score (nSPS) is 12.2. The lowest BCUT2D eigenvalue weighted by atomic mass is 10.3. The van der Waals surface area contributed by atoms with E-state index in [2.05, 4.69) is 16.7 Å². The monoisotopic (exact) mass is 177 g/mol. The molecule has 68 valence electrons. The van der Waals surface area contributed by atoms with Crippen molar-refractivity contribution in [1.82, 2.24) is 14.8 Å². The van der Waals surface area contributed by atoms with Crippen molar-refractivity contribution >= 4 is 5.70 Å². The van der Waals surface area contributed by atoms with Gasteiger partial charge in [-0.1, -0.05) is 18.7 Å². The largest absolute Gasteiger partial charge is 0.392 e. The van der Waals surface area contributed by atoms with Crippen molar-refractivity contribution < 1.29 is 5.11 Å². The van der Waals surface area contributed by atoms with Crippen LogP contribution < -0.4 is 0 Å². The van der Waals surface area contributed by atoms with E-state index in [1.807, 2.05) is 0 Å². The molecule has 0 fully saturated rings. The molecule has 0 unspecified atom stereocenters. The van der Waals surface area contributed by atoms with E-state index >= 15 is 0 Å². The van der Waals surface area contributed by atoms with Gasteiger partial charge < -0.3 is 5.11 Å². The van der Waals surface area contributed by atoms with Crippen LogP contribution in [0, 0.1) is 0 Å². The average Bonchev–Trinajstić information content (AvgIpc) is 2.65. The van der Waals surface area contributed by atoms with Crippen molar-refractivity contribution in [2.75, 3.05) is 6.61 Å². The second-order valence-electron chi connectivity index (χ2n) is 2.25. The van der Waals surface area contributed by atoms with Gasteiger partial charge in [-0.25, -0.2) is 9.67 Å². The van der Waals surface area contributed by atoms with Crippen LogP contribution in [0.4, 0.5) is 0 Å². The minimum Gasteiger partial charge on any atom is -0.392 e. The lowest BCUT2D eigenvalue weighted by molar-refractivity contribution is 0.343. The standard InChI is InChI=1S/C9H11N3O/c1-2-4-9(5-3-6-13)12-8-10-7-11-12/h2-5,7-8,13H,1,6H2/b5-3-,9-4+. The van der Waals surface area contributed by atoms with Crippen molar-refractivity contribution in [1.29, 1.82) is 0 Å². The summed E-state index contributed by atoms with van der Waals surface area (Å²) in [5, 5.41) is 12.5. The van der Waals surface area contributed by atoms with E-state index in [9.17, 15) is 0 Å². The highest BCUT2D eigenvalue weighted by molar-refractivity contribution is 5.57. The van der Waals surface area contributed by atoms with E-state index in [-0.39, 0.29) is 6.61 Å². The molecule has 4 nitrogen and oxygen atoms in total. The van der Waals surface area contributed by atoms with Gasteiger partial charge in [-0.3, -0.25) is 0 Å². The van der Waals surface area contributed by atoms with Crippen LogP contribution in [0.15, 0.2) is 43.5 Å². The summed E-state index contributed by atoms with van der Waals surface area (Å²) in [6.45, 7) is 3.59. The van der Waals surface area contributed by atoms with Crippen molar-refractivity contribution in [2.24, 2.45) is 0 Å². The topological polar surface area (TPSA) is 50.9 Å². The summed E-state index contributed by atoms with van der Waals surface area (Å²) in [4.78, 5) is 3.81. The number of nitrogens with zero attached hydrogens (tertiary/aromatic N) is 3. The Kier molecular flexibility index (Phi) is 3.66. The summed E-state index contributed by atoms with van der Waals surface area (Å²) in [6.07, 6.45) is 9.83. The van der Waals surface area contributed by atoms with Crippen LogP contribution in [-0.4, -0.2) is 26.5 Å². The van der Waals surface area contributed by atoms with Crippen molar-refractivity contribution in [3.8, 4) is 0 Å². The highest BCUT2D eigenvalue weighted by Crippen LogP contribution is 2.02. The Morgan fingerprint density at radius 1 is 1.62 bits per heavy atom. The number of aliphatic hydroxyl groups excluding tert-OH is 1. The van der Waals surface area contributed by atoms with Crippen LogP contribution in [0.25, 0.3) is 5.70 Å². The zero-order valence-electron chi connectivity index (χ0n) is 7.17. The van der Waals surface area contributed by atoms with Gasteiger partial charge in [0.05, 0.1) is 12.3 Å². The molecule has 0 bridgehead atoms. The molecule has 0 aromatic carbocycles. The van der Waals surface area contributed by atoms with Gasteiger partial charge in [-0.15, -0.1) is 0 Å². The van der Waals surface area contributed by atoms with E-state index < -0.39 is 0 Å². The third-order valence-electron chi connectivity index (χ3n) is 1.37. The first-order valence-corrected chi connectivity index (χ1v) is 3.83. The summed E-state index contributed by atoms with van der Waals surface area (Å²) < 4.78 is 1.59. The minimum atomic E-state index is 0.00315. The van der Waals surface area contributed by atoms with Crippen LogP contribution in [0.3, 0.4) is 0 Å². The van der Waals surface area contributed by atoms with Crippen LogP contribution in [-0.2, 0) is 0 Å². The molecule has 1 heterocycles. The van der Waals surface area contributed by atoms with E-state index in [1.165, 1.54) is 6.33 Å². The van der Waals surface area contributed by atoms with Crippen molar-refractivity contribution in [2.45, 2.75) is 0 Å². The molecule has 0 amide bonds. The maximum Gasteiger partial charge on any atom is 0.138 e. The smallest absolute Gasteiger partial charge is 0.138 e. The predicted molar refractivity (Wildman–Crippen MR) is 50.7 cm³/mol. The van der Waals surface area contributed by atoms with E-state index in [1.54, 1.807) is 35.3 Å². The third-order valence-corrected chi connectivity index (χ3v) is 1.37. The quantitative estimate of drug-likeness (QED) is 0.694. The Morgan fingerprint density at radius 2 is 2.46 bits per heavy atom. The fourth-order valence-electron chi connectivity index (χ4n) is 0.844. The zero-order valence-corrected chi connectivity index (χ0v) is 7.17. The van der Waals surface area contributed by atoms with Gasteiger partial charge in [0.1, 0.15) is 12.7 Å². The van der Waals surface area contributed by atoms with Crippen LogP contribution in [0.2, 0.25) is 0 Å². The van der Waals surface area contributed by atoms with Crippen molar-refractivity contribution in [3.63, 3.8) is 0 Å². The molecule has 1 N–H and O–H groups in total. The molecule has 1 rings (SSSR count). The number of rotatable bonds is 4. The summed E-state index contributed by atoms with van der Waals surface area (Å²) in [6, 6.07) is 0. The molecule has 0 radical (unpaired) electrons. The predicted octanol–water partition coefficient (Wildman–Crippen LogP) is 0.853. The fraction of sp³-hybridized carbons (Fsp3) is 0.111. The highest BCUT2D eigenvalue weighted by atomic mass is 16.2. The number of hydrogen-bond acceptors (Lipinski definition) is 3. The molecule has 0 atom stereocenters. The van der Waals surface area contributed by atoms with Gasteiger partial charge in [0, 0.05) is 0 Å². The first kappa shape index (κ1) is 9.41. The van der Waals surface area contributed by atoms with E-state index in [0.29, 0.717) is 0 Å². The second kappa shape index (κ2) is 5.05. The number of aromatic nitrogens is 3. The Balaban J connectivity index is 2.87. The highest BCUT2D eigenvalue weighted by Gasteiger charge is 1.93. The van der Waals surface area contributed by atoms with Gasteiger partial charge in [-0.05, 0) is 12.2 Å². The second-order valence-corrected chi connectivity index (χ2v) is 2.25. The van der Waals surface area contributed by atoms with Crippen molar-refractivity contribution in [3.05, 3.63) is 43.5 Å². The maximum absolute atomic E-state index is 8.60. The average molecular weight is 177 g/mol. The zero-order chi connectivity index (χ0) is 9.52. The molecule has 0 aliphatic rings. The Bertz CT molecular complexity index is 312. The third kappa shape index (κ3) is 2.68. The van der Waals surface area contributed by atoms with Crippen LogP contribution in [0.5, 0.6) is 0 Å². The molecule has 0 aliphatic carbocycles. The Labute approximate surface area is 76.5 Å². The molecule has 4 heteroatoms. The Hall–Kier alpha value is -1.68. The SMILES string of the molecule is C=C/C=C(\C=C/CO)n1cncn1. The summed E-state index contributed by atoms with van der Waals surface area (Å²) in [5.41, 5.74) is 0.807. The van der Waals surface area contributed by atoms with E-state index in [4.69, 9.17) is 5.11 Å². The Morgan fingerprint density at radius 3 is 3.00 bits per heavy atom. The maximum atomic E-state index is 8.60. The molecule has 1 aromatic heterocycles. The molecule has 0 aliphatic heterocycles. The molecule has 0 spiro atoms. The molecule has 1 aromatic rings. The number of allylic oxidation sites excluding steroid dienone is 4. The van der Waals surface area contributed by atoms with Gasteiger partial charge in [0.25, 0.3) is 0 Å². The molecule has 13 heavy (non-hydrogen) atoms. The summed E-state index contributed by atoms with van der Waals surface area (Å²) in [5.74, 6) is 0. The fourth-order valence-corrected chi connectivity index (χ4v) is 0.844. The van der Waals surface area contributed by atoms with Gasteiger partial charge in [0.2, 0.25) is 0 Å². The molecular formula is C9H11N3O. The van der Waals surface area contributed by atoms with Gasteiger partial charge >= 0.3 is 0 Å². The lowest BCUT2D eigenvalue weighted by Crippen LogP contribution is -1.94. The summed E-state index contributed by atoms with van der Waals surface area (Å²) in [7, 11) is 0. The molecule has 0 saturated carbocycles. The van der Waals surface area contributed by atoms with Gasteiger partial charge in [-0.2, -0.15) is 5.10 Å². The minimum absolute atomic E-state index is 0.00315.